The Morgan fingerprint density at radius 2 is 2.26 bits per heavy atom. The molecule has 19 heavy (non-hydrogen) atoms. The van der Waals surface area contributed by atoms with Gasteiger partial charge in [-0.3, -0.25) is 4.79 Å². The van der Waals surface area contributed by atoms with E-state index in [4.69, 9.17) is 10.5 Å². The van der Waals surface area contributed by atoms with Crippen LogP contribution >= 0.6 is 0 Å². The maximum absolute atomic E-state index is 12.3. The highest BCUT2D eigenvalue weighted by atomic mass is 16.5. The molecule has 0 spiro atoms. The number of hydrogen-bond acceptors (Lipinski definition) is 5. The Hall–Kier alpha value is -1.79. The molecule has 1 heterocycles. The summed E-state index contributed by atoms with van der Waals surface area (Å²) in [6, 6.07) is 3.71. The van der Waals surface area contributed by atoms with Crippen LogP contribution in [0.15, 0.2) is 18.2 Å². The monoisotopic (exact) mass is 266 g/mol. The first-order valence-electron chi connectivity index (χ1n) is 6.17. The molecule has 1 aromatic carbocycles. The van der Waals surface area contributed by atoms with Gasteiger partial charge < -0.3 is 25.6 Å². The lowest BCUT2D eigenvalue weighted by Gasteiger charge is -2.34. The SMILES string of the molecule is CC(N)C1CN(C(=O)c2cc(O)ccc2O)CCO1. The van der Waals surface area contributed by atoms with Crippen LogP contribution < -0.4 is 5.73 Å². The van der Waals surface area contributed by atoms with Crippen molar-refractivity contribution >= 4 is 5.91 Å². The number of ether oxygens (including phenoxy) is 1. The molecule has 0 aliphatic carbocycles. The van der Waals surface area contributed by atoms with Gasteiger partial charge in [-0.2, -0.15) is 0 Å². The van der Waals surface area contributed by atoms with E-state index in [9.17, 15) is 15.0 Å². The zero-order valence-electron chi connectivity index (χ0n) is 10.7. The molecule has 0 radical (unpaired) electrons. The number of amides is 1. The van der Waals surface area contributed by atoms with Crippen LogP contribution in [0.2, 0.25) is 0 Å². The standard InChI is InChI=1S/C13H18N2O4/c1-8(14)12-7-15(4-5-19-12)13(18)10-6-9(16)2-3-11(10)17/h2-3,6,8,12,16-17H,4-5,7,14H2,1H3. The van der Waals surface area contributed by atoms with E-state index in [1.54, 1.807) is 4.90 Å². The summed E-state index contributed by atoms with van der Waals surface area (Å²) in [5.41, 5.74) is 5.86. The van der Waals surface area contributed by atoms with Crippen molar-refractivity contribution in [2.45, 2.75) is 19.1 Å². The third-order valence-corrected chi connectivity index (χ3v) is 3.18. The zero-order chi connectivity index (χ0) is 14.0. The van der Waals surface area contributed by atoms with E-state index in [0.717, 1.165) is 0 Å². The van der Waals surface area contributed by atoms with Gasteiger partial charge in [0.05, 0.1) is 18.3 Å². The summed E-state index contributed by atoms with van der Waals surface area (Å²) in [6.07, 6.45) is -0.211. The number of benzene rings is 1. The smallest absolute Gasteiger partial charge is 0.257 e. The Balaban J connectivity index is 2.17. The van der Waals surface area contributed by atoms with Crippen molar-refractivity contribution in [1.29, 1.82) is 0 Å². The highest BCUT2D eigenvalue weighted by Gasteiger charge is 2.28. The fourth-order valence-electron chi connectivity index (χ4n) is 2.04. The van der Waals surface area contributed by atoms with Crippen LogP contribution in [0, 0.1) is 0 Å². The average Bonchev–Trinajstić information content (AvgIpc) is 2.41. The molecule has 0 bridgehead atoms. The quantitative estimate of drug-likeness (QED) is 0.668. The first-order chi connectivity index (χ1) is 8.99. The molecule has 1 aliphatic rings. The van der Waals surface area contributed by atoms with E-state index in [2.05, 4.69) is 0 Å². The van der Waals surface area contributed by atoms with Crippen LogP contribution in [0.3, 0.4) is 0 Å². The largest absolute Gasteiger partial charge is 0.508 e. The van der Waals surface area contributed by atoms with E-state index in [1.807, 2.05) is 6.92 Å². The van der Waals surface area contributed by atoms with Gasteiger partial charge in [0.25, 0.3) is 5.91 Å². The third kappa shape index (κ3) is 2.97. The number of morpholine rings is 1. The lowest BCUT2D eigenvalue weighted by Crippen LogP contribution is -2.51. The van der Waals surface area contributed by atoms with Crippen molar-refractivity contribution < 1.29 is 19.7 Å². The van der Waals surface area contributed by atoms with Gasteiger partial charge in [-0.15, -0.1) is 0 Å². The van der Waals surface area contributed by atoms with Crippen LogP contribution in [0.1, 0.15) is 17.3 Å². The van der Waals surface area contributed by atoms with E-state index in [0.29, 0.717) is 19.7 Å². The van der Waals surface area contributed by atoms with Crippen LogP contribution in [0.5, 0.6) is 11.5 Å². The molecule has 1 fully saturated rings. The van der Waals surface area contributed by atoms with Crippen molar-refractivity contribution in [1.82, 2.24) is 4.90 Å². The normalized spacial score (nSPS) is 21.2. The Morgan fingerprint density at radius 1 is 1.53 bits per heavy atom. The average molecular weight is 266 g/mol. The summed E-state index contributed by atoms with van der Waals surface area (Å²) in [6.45, 7) is 3.06. The molecule has 0 aromatic heterocycles. The van der Waals surface area contributed by atoms with Crippen molar-refractivity contribution in [2.75, 3.05) is 19.7 Å². The Labute approximate surface area is 111 Å². The summed E-state index contributed by atoms with van der Waals surface area (Å²) >= 11 is 0. The van der Waals surface area contributed by atoms with Crippen LogP contribution in [0.25, 0.3) is 0 Å². The minimum absolute atomic E-state index is 0.0573. The topological polar surface area (TPSA) is 96.0 Å². The van der Waals surface area contributed by atoms with E-state index in [-0.39, 0.29) is 35.1 Å². The number of carbonyl (C=O) groups is 1. The van der Waals surface area contributed by atoms with E-state index >= 15 is 0 Å². The fraction of sp³-hybridized carbons (Fsp3) is 0.462. The van der Waals surface area contributed by atoms with Gasteiger partial charge in [0.15, 0.2) is 0 Å². The molecular formula is C13H18N2O4. The van der Waals surface area contributed by atoms with E-state index in [1.165, 1.54) is 18.2 Å². The number of nitrogens with two attached hydrogens (primary N) is 1. The molecule has 2 unspecified atom stereocenters. The van der Waals surface area contributed by atoms with Crippen molar-refractivity contribution in [3.63, 3.8) is 0 Å². The second kappa shape index (κ2) is 5.46. The molecule has 1 aliphatic heterocycles. The predicted molar refractivity (Wildman–Crippen MR) is 69.1 cm³/mol. The highest BCUT2D eigenvalue weighted by Crippen LogP contribution is 2.24. The minimum Gasteiger partial charge on any atom is -0.508 e. The van der Waals surface area contributed by atoms with Gasteiger partial charge in [-0.1, -0.05) is 0 Å². The maximum atomic E-state index is 12.3. The van der Waals surface area contributed by atoms with Crippen molar-refractivity contribution in [3.8, 4) is 11.5 Å². The molecule has 6 heteroatoms. The molecule has 1 saturated heterocycles. The molecule has 0 saturated carbocycles. The second-order valence-corrected chi connectivity index (χ2v) is 4.72. The van der Waals surface area contributed by atoms with Gasteiger partial charge in [0.2, 0.25) is 0 Å². The van der Waals surface area contributed by atoms with Gasteiger partial charge in [0, 0.05) is 19.1 Å². The summed E-state index contributed by atoms with van der Waals surface area (Å²) in [5, 5.41) is 19.1. The Bertz CT molecular complexity index is 476. The minimum atomic E-state index is -0.331. The summed E-state index contributed by atoms with van der Waals surface area (Å²) in [5.74, 6) is -0.535. The summed E-state index contributed by atoms with van der Waals surface area (Å²) < 4.78 is 5.48. The Morgan fingerprint density at radius 3 is 2.95 bits per heavy atom. The highest BCUT2D eigenvalue weighted by molar-refractivity contribution is 5.97. The van der Waals surface area contributed by atoms with Crippen LogP contribution in [0.4, 0.5) is 0 Å². The first-order valence-corrected chi connectivity index (χ1v) is 6.17. The maximum Gasteiger partial charge on any atom is 0.257 e. The molecule has 1 amide bonds. The third-order valence-electron chi connectivity index (χ3n) is 3.18. The summed E-state index contributed by atoms with van der Waals surface area (Å²) in [7, 11) is 0. The number of nitrogens with zero attached hydrogens (tertiary/aromatic N) is 1. The van der Waals surface area contributed by atoms with Crippen LogP contribution in [-0.2, 0) is 4.74 Å². The van der Waals surface area contributed by atoms with Gasteiger partial charge >= 0.3 is 0 Å². The molecule has 1 aromatic rings. The molecule has 6 nitrogen and oxygen atoms in total. The molecular weight excluding hydrogens is 248 g/mol. The predicted octanol–water partition coefficient (Wildman–Crippen LogP) is 0.286. The zero-order valence-corrected chi connectivity index (χ0v) is 10.7. The van der Waals surface area contributed by atoms with E-state index < -0.39 is 0 Å². The molecule has 2 atom stereocenters. The lowest BCUT2D eigenvalue weighted by molar-refractivity contribution is -0.0300. The number of hydrogen-bond donors (Lipinski definition) is 3. The van der Waals surface area contributed by atoms with Crippen molar-refractivity contribution in [3.05, 3.63) is 23.8 Å². The van der Waals surface area contributed by atoms with Gasteiger partial charge in [-0.05, 0) is 25.1 Å². The molecule has 2 rings (SSSR count). The molecule has 104 valence electrons. The summed E-state index contributed by atoms with van der Waals surface area (Å²) in [4.78, 5) is 13.9. The number of rotatable bonds is 2. The van der Waals surface area contributed by atoms with Gasteiger partial charge in [-0.25, -0.2) is 0 Å². The number of phenols is 2. The number of aromatic hydroxyl groups is 2. The second-order valence-electron chi connectivity index (χ2n) is 4.72. The number of carbonyl (C=O) groups excluding carboxylic acids is 1. The number of phenolic OH excluding ortho intramolecular Hbond substituents is 2. The first kappa shape index (κ1) is 13.6. The molecule has 4 N–H and O–H groups in total. The van der Waals surface area contributed by atoms with Gasteiger partial charge in [0.1, 0.15) is 11.5 Å². The fourth-order valence-corrected chi connectivity index (χ4v) is 2.04. The lowest BCUT2D eigenvalue weighted by atomic mass is 10.1. The van der Waals surface area contributed by atoms with Crippen molar-refractivity contribution in [2.24, 2.45) is 5.73 Å². The Kier molecular flexibility index (Phi) is 3.92. The van der Waals surface area contributed by atoms with Crippen LogP contribution in [-0.4, -0.2) is 52.9 Å².